The van der Waals surface area contributed by atoms with Gasteiger partial charge in [0.1, 0.15) is 0 Å². The van der Waals surface area contributed by atoms with E-state index in [2.05, 4.69) is 26.1 Å². The molecule has 2 nitrogen and oxygen atoms in total. The molecule has 0 spiro atoms. The third kappa shape index (κ3) is 1.94. The van der Waals surface area contributed by atoms with Crippen molar-refractivity contribution in [3.63, 3.8) is 0 Å². The van der Waals surface area contributed by atoms with Crippen molar-refractivity contribution in [3.05, 3.63) is 0 Å². The summed E-state index contributed by atoms with van der Waals surface area (Å²) in [5.41, 5.74) is 0.0394. The van der Waals surface area contributed by atoms with Crippen LogP contribution in [0, 0.1) is 5.92 Å². The van der Waals surface area contributed by atoms with Crippen LogP contribution in [0.5, 0.6) is 0 Å². The average Bonchev–Trinajstić information content (AvgIpc) is 2.36. The van der Waals surface area contributed by atoms with Crippen LogP contribution >= 0.6 is 0 Å². The van der Waals surface area contributed by atoms with Gasteiger partial charge in [-0.15, -0.1) is 0 Å². The molecule has 2 unspecified atom stereocenters. The number of ether oxygens (including phenoxy) is 1. The van der Waals surface area contributed by atoms with Gasteiger partial charge in [-0.05, 0) is 27.2 Å². The first-order valence-corrected chi connectivity index (χ1v) is 4.35. The topological polar surface area (TPSA) is 21.3 Å². The Morgan fingerprint density at radius 1 is 1.45 bits per heavy atom. The molecule has 1 fully saturated rings. The van der Waals surface area contributed by atoms with Crippen LogP contribution in [-0.4, -0.2) is 25.3 Å². The van der Waals surface area contributed by atoms with Gasteiger partial charge in [-0.3, -0.25) is 0 Å². The smallest absolute Gasteiger partial charge is 0.0663 e. The minimum atomic E-state index is 0.0394. The molecule has 66 valence electrons. The van der Waals surface area contributed by atoms with E-state index in [-0.39, 0.29) is 5.60 Å². The minimum absolute atomic E-state index is 0.0394. The van der Waals surface area contributed by atoms with Crippen LogP contribution in [0.4, 0.5) is 0 Å². The van der Waals surface area contributed by atoms with Gasteiger partial charge >= 0.3 is 0 Å². The molecule has 1 saturated heterocycles. The maximum atomic E-state index is 5.43. The first-order valence-electron chi connectivity index (χ1n) is 4.35. The van der Waals surface area contributed by atoms with Crippen molar-refractivity contribution in [1.29, 1.82) is 0 Å². The highest BCUT2D eigenvalue weighted by Gasteiger charge is 2.34. The van der Waals surface area contributed by atoms with Crippen molar-refractivity contribution in [2.24, 2.45) is 5.92 Å². The van der Waals surface area contributed by atoms with Gasteiger partial charge in [-0.25, -0.2) is 0 Å². The number of nitrogens with one attached hydrogen (secondary N) is 1. The van der Waals surface area contributed by atoms with Crippen LogP contribution in [0.1, 0.15) is 27.2 Å². The number of methoxy groups -OCH3 is 1. The Bertz CT molecular complexity index is 134. The van der Waals surface area contributed by atoms with Crippen molar-refractivity contribution in [2.75, 3.05) is 13.7 Å². The van der Waals surface area contributed by atoms with Crippen molar-refractivity contribution < 1.29 is 4.74 Å². The Balaban J connectivity index is 2.48. The second-order valence-electron chi connectivity index (χ2n) is 4.05. The summed E-state index contributed by atoms with van der Waals surface area (Å²) in [6, 6.07) is 0.662. The lowest BCUT2D eigenvalue weighted by molar-refractivity contribution is -0.0218. The zero-order chi connectivity index (χ0) is 8.48. The van der Waals surface area contributed by atoms with Crippen molar-refractivity contribution in [2.45, 2.75) is 38.8 Å². The van der Waals surface area contributed by atoms with Crippen LogP contribution in [0.15, 0.2) is 0 Å². The van der Waals surface area contributed by atoms with Gasteiger partial charge in [0.2, 0.25) is 0 Å². The predicted molar refractivity (Wildman–Crippen MR) is 46.7 cm³/mol. The molecule has 0 saturated carbocycles. The lowest BCUT2D eigenvalue weighted by Gasteiger charge is -2.29. The Hall–Kier alpha value is -0.0800. The molecule has 1 N–H and O–H groups in total. The highest BCUT2D eigenvalue weighted by molar-refractivity contribution is 4.89. The fourth-order valence-corrected chi connectivity index (χ4v) is 1.63. The van der Waals surface area contributed by atoms with E-state index in [4.69, 9.17) is 4.74 Å². The van der Waals surface area contributed by atoms with Crippen molar-refractivity contribution >= 4 is 0 Å². The van der Waals surface area contributed by atoms with E-state index < -0.39 is 0 Å². The molecule has 2 atom stereocenters. The maximum Gasteiger partial charge on any atom is 0.0663 e. The third-order valence-electron chi connectivity index (χ3n) is 2.86. The van der Waals surface area contributed by atoms with Gasteiger partial charge in [0.25, 0.3) is 0 Å². The summed E-state index contributed by atoms with van der Waals surface area (Å²) in [7, 11) is 1.79. The van der Waals surface area contributed by atoms with E-state index in [1.807, 2.05) is 0 Å². The lowest BCUT2D eigenvalue weighted by Crippen LogP contribution is -2.34. The van der Waals surface area contributed by atoms with Crippen LogP contribution in [0.25, 0.3) is 0 Å². The predicted octanol–water partition coefficient (Wildman–Crippen LogP) is 1.41. The highest BCUT2D eigenvalue weighted by atomic mass is 16.5. The van der Waals surface area contributed by atoms with Gasteiger partial charge in [-0.2, -0.15) is 0 Å². The molecule has 1 rings (SSSR count). The van der Waals surface area contributed by atoms with E-state index in [1.54, 1.807) is 7.11 Å². The van der Waals surface area contributed by atoms with Gasteiger partial charge in [-0.1, -0.05) is 0 Å². The van der Waals surface area contributed by atoms with Crippen molar-refractivity contribution in [1.82, 2.24) is 5.32 Å². The molecule has 1 heterocycles. The zero-order valence-electron chi connectivity index (χ0n) is 7.98. The standard InChI is InChI=1S/C9H19NO/c1-7-5-8(6-10-7)9(2,3)11-4/h7-8,10H,5-6H2,1-4H3. The Labute approximate surface area is 69.3 Å². The van der Waals surface area contributed by atoms with E-state index >= 15 is 0 Å². The van der Waals surface area contributed by atoms with E-state index in [9.17, 15) is 0 Å². The number of rotatable bonds is 2. The van der Waals surface area contributed by atoms with E-state index in [0.29, 0.717) is 12.0 Å². The average molecular weight is 157 g/mol. The third-order valence-corrected chi connectivity index (χ3v) is 2.86. The monoisotopic (exact) mass is 157 g/mol. The van der Waals surface area contributed by atoms with Crippen molar-refractivity contribution in [3.8, 4) is 0 Å². The zero-order valence-corrected chi connectivity index (χ0v) is 7.98. The highest BCUT2D eigenvalue weighted by Crippen LogP contribution is 2.27. The minimum Gasteiger partial charge on any atom is -0.378 e. The summed E-state index contributed by atoms with van der Waals surface area (Å²) in [6.45, 7) is 7.66. The molecule has 2 heteroatoms. The summed E-state index contributed by atoms with van der Waals surface area (Å²) in [4.78, 5) is 0. The fourth-order valence-electron chi connectivity index (χ4n) is 1.63. The van der Waals surface area contributed by atoms with Crippen LogP contribution in [-0.2, 0) is 4.74 Å². The fraction of sp³-hybridized carbons (Fsp3) is 1.00. The summed E-state index contributed by atoms with van der Waals surface area (Å²) < 4.78 is 5.43. The van der Waals surface area contributed by atoms with E-state index in [1.165, 1.54) is 6.42 Å². The molecule has 0 aliphatic carbocycles. The molecule has 1 aliphatic rings. The van der Waals surface area contributed by atoms with Crippen LogP contribution in [0.3, 0.4) is 0 Å². The van der Waals surface area contributed by atoms with E-state index in [0.717, 1.165) is 6.54 Å². The SMILES string of the molecule is COC(C)(C)C1CNC(C)C1. The normalized spacial score (nSPS) is 32.7. The molecular weight excluding hydrogens is 138 g/mol. The van der Waals surface area contributed by atoms with Gasteiger partial charge in [0.05, 0.1) is 5.60 Å². The Morgan fingerprint density at radius 3 is 2.45 bits per heavy atom. The molecule has 0 bridgehead atoms. The van der Waals surface area contributed by atoms with Gasteiger partial charge in [0, 0.05) is 25.6 Å². The summed E-state index contributed by atoms with van der Waals surface area (Å²) in [5, 5.41) is 3.43. The molecule has 0 aromatic heterocycles. The van der Waals surface area contributed by atoms with Crippen LogP contribution < -0.4 is 5.32 Å². The van der Waals surface area contributed by atoms with Crippen LogP contribution in [0.2, 0.25) is 0 Å². The summed E-state index contributed by atoms with van der Waals surface area (Å²) >= 11 is 0. The molecule has 11 heavy (non-hydrogen) atoms. The van der Waals surface area contributed by atoms with Gasteiger partial charge in [0.15, 0.2) is 0 Å². The maximum absolute atomic E-state index is 5.43. The Morgan fingerprint density at radius 2 is 2.09 bits per heavy atom. The molecule has 0 aromatic rings. The largest absolute Gasteiger partial charge is 0.378 e. The molecule has 1 aliphatic heterocycles. The number of hydrogen-bond acceptors (Lipinski definition) is 2. The van der Waals surface area contributed by atoms with Gasteiger partial charge < -0.3 is 10.1 Å². The first-order chi connectivity index (χ1) is 5.06. The molecule has 0 amide bonds. The summed E-state index contributed by atoms with van der Waals surface area (Å²) in [6.07, 6.45) is 1.24. The Kier molecular flexibility index (Phi) is 2.55. The molecular formula is C9H19NO. The molecule has 0 aromatic carbocycles. The second-order valence-corrected chi connectivity index (χ2v) is 4.05. The second kappa shape index (κ2) is 3.11. The quantitative estimate of drug-likeness (QED) is 0.654. The molecule has 0 radical (unpaired) electrons. The lowest BCUT2D eigenvalue weighted by atomic mass is 9.89. The first kappa shape index (κ1) is 9.01. The number of hydrogen-bond donors (Lipinski definition) is 1. The summed E-state index contributed by atoms with van der Waals surface area (Å²) in [5.74, 6) is 0.669.